The van der Waals surface area contributed by atoms with Crippen LogP contribution < -0.4 is 0 Å². The van der Waals surface area contributed by atoms with E-state index >= 15 is 0 Å². The molecule has 0 aliphatic heterocycles. The van der Waals surface area contributed by atoms with Gasteiger partial charge in [0.15, 0.2) is 0 Å². The molecule has 0 radical (unpaired) electrons. The molecule has 2 aromatic heterocycles. The molecule has 5 heteroatoms. The van der Waals surface area contributed by atoms with Crippen LogP contribution in [0.1, 0.15) is 0 Å². The molecule has 0 fully saturated rings. The molecule has 2 heterocycles. The molecule has 3 aromatic rings. The molecule has 90 valence electrons. The summed E-state index contributed by atoms with van der Waals surface area (Å²) in [5.41, 5.74) is 2.51. The fraction of sp³-hybridized carbons (Fsp3) is 0. The number of hydrogen-bond donors (Lipinski definition) is 0. The van der Waals surface area contributed by atoms with Gasteiger partial charge in [-0.3, -0.25) is 0 Å². The van der Waals surface area contributed by atoms with E-state index in [1.54, 1.807) is 6.07 Å². The number of fused-ring (bicyclic) bond motifs is 1. The molecule has 0 amide bonds. The highest BCUT2D eigenvalue weighted by Crippen LogP contribution is 2.33. The van der Waals surface area contributed by atoms with Crippen LogP contribution in [0.2, 0.25) is 10.0 Å². The van der Waals surface area contributed by atoms with Crippen molar-refractivity contribution in [1.82, 2.24) is 9.38 Å². The minimum Gasteiger partial charge on any atom is -0.305 e. The van der Waals surface area contributed by atoms with Crippen molar-refractivity contribution in [2.24, 2.45) is 0 Å². The third kappa shape index (κ3) is 2.03. The molecular weight excluding hydrogens is 335 g/mol. The summed E-state index contributed by atoms with van der Waals surface area (Å²) in [5, 5.41) is 1.06. The van der Waals surface area contributed by atoms with E-state index in [0.29, 0.717) is 10.0 Å². The van der Waals surface area contributed by atoms with Crippen LogP contribution in [-0.2, 0) is 0 Å². The first-order valence-electron chi connectivity index (χ1n) is 5.24. The lowest BCUT2D eigenvalue weighted by molar-refractivity contribution is 1.17. The molecule has 2 nitrogen and oxygen atoms in total. The lowest BCUT2D eigenvalue weighted by Crippen LogP contribution is -1.80. The molecule has 0 saturated heterocycles. The van der Waals surface area contributed by atoms with E-state index in [2.05, 4.69) is 20.9 Å². The number of hydrogen-bond acceptors (Lipinski definition) is 1. The van der Waals surface area contributed by atoms with Crippen LogP contribution in [-0.4, -0.2) is 9.38 Å². The first-order chi connectivity index (χ1) is 8.65. The zero-order valence-corrected chi connectivity index (χ0v) is 12.2. The Bertz CT molecular complexity index is 737. The molecule has 0 bridgehead atoms. The van der Waals surface area contributed by atoms with E-state index in [1.165, 1.54) is 0 Å². The summed E-state index contributed by atoms with van der Waals surface area (Å²) >= 11 is 15.6. The molecule has 0 atom stereocenters. The fourth-order valence-electron chi connectivity index (χ4n) is 1.80. The van der Waals surface area contributed by atoms with E-state index in [0.717, 1.165) is 21.4 Å². The Kier molecular flexibility index (Phi) is 3.06. The van der Waals surface area contributed by atoms with Crippen molar-refractivity contribution < 1.29 is 0 Å². The Balaban J connectivity index is 2.22. The van der Waals surface area contributed by atoms with E-state index in [9.17, 15) is 0 Å². The standard InChI is InChI=1S/C13H7BrCl2N2/c14-8-4-5-12-17-11(7-18(12)6-8)9-2-1-3-10(15)13(9)16/h1-7H. The van der Waals surface area contributed by atoms with Crippen LogP contribution in [0, 0.1) is 0 Å². The highest BCUT2D eigenvalue weighted by atomic mass is 79.9. The predicted molar refractivity (Wildman–Crippen MR) is 78.3 cm³/mol. The van der Waals surface area contributed by atoms with Crippen LogP contribution in [0.4, 0.5) is 0 Å². The average molecular weight is 342 g/mol. The summed E-state index contributed by atoms with van der Waals surface area (Å²) in [5.74, 6) is 0. The van der Waals surface area contributed by atoms with Crippen LogP contribution in [0.15, 0.2) is 47.2 Å². The van der Waals surface area contributed by atoms with Gasteiger partial charge in [-0.15, -0.1) is 0 Å². The van der Waals surface area contributed by atoms with Crippen LogP contribution in [0.3, 0.4) is 0 Å². The quantitative estimate of drug-likeness (QED) is 0.604. The molecule has 0 saturated carbocycles. The van der Waals surface area contributed by atoms with Crippen LogP contribution in [0.5, 0.6) is 0 Å². The fourth-order valence-corrected chi connectivity index (χ4v) is 2.55. The summed E-state index contributed by atoms with van der Waals surface area (Å²) in [6.07, 6.45) is 3.88. The molecular formula is C13H7BrCl2N2. The third-order valence-corrected chi connectivity index (χ3v) is 3.93. The smallest absolute Gasteiger partial charge is 0.137 e. The minimum atomic E-state index is 0.529. The van der Waals surface area contributed by atoms with Crippen molar-refractivity contribution >= 4 is 44.8 Å². The molecule has 0 aliphatic carbocycles. The molecule has 1 aromatic carbocycles. The summed E-state index contributed by atoms with van der Waals surface area (Å²) in [4.78, 5) is 4.53. The summed E-state index contributed by atoms with van der Waals surface area (Å²) in [6, 6.07) is 9.42. The van der Waals surface area contributed by atoms with Gasteiger partial charge in [0.25, 0.3) is 0 Å². The normalized spacial score (nSPS) is 11.1. The Morgan fingerprint density at radius 2 is 1.89 bits per heavy atom. The summed E-state index contributed by atoms with van der Waals surface area (Å²) in [7, 11) is 0. The second-order valence-corrected chi connectivity index (χ2v) is 5.54. The second-order valence-electron chi connectivity index (χ2n) is 3.84. The van der Waals surface area contributed by atoms with Gasteiger partial charge in [0.1, 0.15) is 5.65 Å². The van der Waals surface area contributed by atoms with Crippen molar-refractivity contribution in [2.75, 3.05) is 0 Å². The number of nitrogens with zero attached hydrogens (tertiary/aromatic N) is 2. The van der Waals surface area contributed by atoms with Crippen molar-refractivity contribution in [3.63, 3.8) is 0 Å². The van der Waals surface area contributed by atoms with Gasteiger partial charge in [-0.1, -0.05) is 35.3 Å². The molecule has 3 rings (SSSR count). The maximum atomic E-state index is 6.20. The topological polar surface area (TPSA) is 17.3 Å². The first kappa shape index (κ1) is 12.0. The van der Waals surface area contributed by atoms with Crippen LogP contribution in [0.25, 0.3) is 16.9 Å². The van der Waals surface area contributed by atoms with Crippen LogP contribution >= 0.6 is 39.1 Å². The second kappa shape index (κ2) is 4.57. The lowest BCUT2D eigenvalue weighted by Gasteiger charge is -2.01. The number of aromatic nitrogens is 2. The number of rotatable bonds is 1. The Labute approximate surface area is 122 Å². The lowest BCUT2D eigenvalue weighted by atomic mass is 10.2. The van der Waals surface area contributed by atoms with Gasteiger partial charge in [0.2, 0.25) is 0 Å². The van der Waals surface area contributed by atoms with Crippen molar-refractivity contribution in [3.8, 4) is 11.3 Å². The zero-order valence-electron chi connectivity index (χ0n) is 9.07. The van der Waals surface area contributed by atoms with Gasteiger partial charge in [0.05, 0.1) is 15.7 Å². The number of benzene rings is 1. The predicted octanol–water partition coefficient (Wildman–Crippen LogP) is 5.07. The molecule has 18 heavy (non-hydrogen) atoms. The van der Waals surface area contributed by atoms with Gasteiger partial charge < -0.3 is 4.40 Å². The van der Waals surface area contributed by atoms with Gasteiger partial charge in [-0.25, -0.2) is 4.98 Å². The largest absolute Gasteiger partial charge is 0.305 e. The summed E-state index contributed by atoms with van der Waals surface area (Å²) in [6.45, 7) is 0. The number of imidazole rings is 1. The van der Waals surface area contributed by atoms with Gasteiger partial charge >= 0.3 is 0 Å². The molecule has 0 aliphatic rings. The monoisotopic (exact) mass is 340 g/mol. The van der Waals surface area contributed by atoms with Gasteiger partial charge in [-0.05, 0) is 34.1 Å². The van der Waals surface area contributed by atoms with Gasteiger partial charge in [0, 0.05) is 22.4 Å². The third-order valence-electron chi connectivity index (χ3n) is 2.64. The first-order valence-corrected chi connectivity index (χ1v) is 6.79. The van der Waals surface area contributed by atoms with Crippen molar-refractivity contribution in [2.45, 2.75) is 0 Å². The van der Waals surface area contributed by atoms with Gasteiger partial charge in [-0.2, -0.15) is 0 Å². The SMILES string of the molecule is Clc1cccc(-c2cn3cc(Br)ccc3n2)c1Cl. The highest BCUT2D eigenvalue weighted by molar-refractivity contribution is 9.10. The Hall–Kier alpha value is -1.03. The molecule has 0 spiro atoms. The zero-order chi connectivity index (χ0) is 12.7. The summed E-state index contributed by atoms with van der Waals surface area (Å²) < 4.78 is 2.94. The molecule has 0 N–H and O–H groups in total. The highest BCUT2D eigenvalue weighted by Gasteiger charge is 2.10. The minimum absolute atomic E-state index is 0.529. The van der Waals surface area contributed by atoms with E-state index in [1.807, 2.05) is 41.1 Å². The average Bonchev–Trinajstić information content (AvgIpc) is 2.75. The Morgan fingerprint density at radius 3 is 2.72 bits per heavy atom. The Morgan fingerprint density at radius 1 is 1.06 bits per heavy atom. The van der Waals surface area contributed by atoms with Crippen molar-refractivity contribution in [1.29, 1.82) is 0 Å². The van der Waals surface area contributed by atoms with Crippen molar-refractivity contribution in [3.05, 3.63) is 57.2 Å². The number of halogens is 3. The maximum Gasteiger partial charge on any atom is 0.137 e. The van der Waals surface area contributed by atoms with E-state index < -0.39 is 0 Å². The molecule has 0 unspecified atom stereocenters. The number of pyridine rings is 1. The maximum absolute atomic E-state index is 6.20. The van der Waals surface area contributed by atoms with E-state index in [4.69, 9.17) is 23.2 Å². The van der Waals surface area contributed by atoms with E-state index in [-0.39, 0.29) is 0 Å².